The Kier molecular flexibility index (Phi) is 6.15. The average molecular weight is 290 g/mol. The summed E-state index contributed by atoms with van der Waals surface area (Å²) < 4.78 is 0. The molecule has 0 amide bonds. The molecule has 2 atom stereocenters. The molecule has 1 fully saturated rings. The van der Waals surface area contributed by atoms with Gasteiger partial charge in [-0.3, -0.25) is 4.98 Å². The van der Waals surface area contributed by atoms with Crippen LogP contribution in [0.2, 0.25) is 0 Å². The summed E-state index contributed by atoms with van der Waals surface area (Å²) in [5.74, 6) is 0. The lowest BCUT2D eigenvalue weighted by Crippen LogP contribution is -2.51. The predicted octanol–water partition coefficient (Wildman–Crippen LogP) is 2.07. The summed E-state index contributed by atoms with van der Waals surface area (Å²) in [5.41, 5.74) is 2.69. The van der Waals surface area contributed by atoms with Crippen LogP contribution in [-0.4, -0.2) is 61.1 Å². The van der Waals surface area contributed by atoms with Crippen molar-refractivity contribution in [2.45, 2.75) is 38.8 Å². The lowest BCUT2D eigenvalue weighted by Gasteiger charge is -2.39. The van der Waals surface area contributed by atoms with E-state index in [0.717, 1.165) is 32.5 Å². The maximum absolute atomic E-state index is 4.34. The predicted molar refractivity (Wildman–Crippen MR) is 88.5 cm³/mol. The van der Waals surface area contributed by atoms with Gasteiger partial charge in [0, 0.05) is 44.1 Å². The number of aromatic nitrogens is 1. The minimum Gasteiger partial charge on any atom is -0.310 e. The molecule has 1 N–H and O–H groups in total. The van der Waals surface area contributed by atoms with Gasteiger partial charge in [-0.25, -0.2) is 0 Å². The molecular weight excluding hydrogens is 260 g/mol. The van der Waals surface area contributed by atoms with E-state index < -0.39 is 0 Å². The minimum atomic E-state index is 0.401. The monoisotopic (exact) mass is 290 g/mol. The molecule has 118 valence electrons. The van der Waals surface area contributed by atoms with Crippen molar-refractivity contribution >= 4 is 0 Å². The lowest BCUT2D eigenvalue weighted by atomic mass is 9.95. The summed E-state index contributed by atoms with van der Waals surface area (Å²) in [5, 5.41) is 3.72. The topological polar surface area (TPSA) is 31.4 Å². The van der Waals surface area contributed by atoms with Crippen molar-refractivity contribution < 1.29 is 0 Å². The Balaban J connectivity index is 2.10. The fourth-order valence-corrected chi connectivity index (χ4v) is 3.11. The molecule has 1 aliphatic rings. The van der Waals surface area contributed by atoms with E-state index in [-0.39, 0.29) is 0 Å². The number of pyridine rings is 1. The van der Waals surface area contributed by atoms with E-state index in [1.165, 1.54) is 17.7 Å². The number of nitrogens with zero attached hydrogens (tertiary/aromatic N) is 3. The Bertz CT molecular complexity index is 435. The molecule has 4 heteroatoms. The number of aryl methyl sites for hydroxylation is 1. The van der Waals surface area contributed by atoms with E-state index in [1.54, 1.807) is 0 Å². The molecule has 1 aromatic heterocycles. The maximum atomic E-state index is 4.34. The van der Waals surface area contributed by atoms with Gasteiger partial charge in [0.1, 0.15) is 0 Å². The van der Waals surface area contributed by atoms with Gasteiger partial charge in [0.15, 0.2) is 0 Å². The van der Waals surface area contributed by atoms with Crippen LogP contribution in [0.25, 0.3) is 0 Å². The van der Waals surface area contributed by atoms with E-state index in [4.69, 9.17) is 0 Å². The highest BCUT2D eigenvalue weighted by molar-refractivity contribution is 5.25. The van der Waals surface area contributed by atoms with Crippen LogP contribution in [0.1, 0.15) is 36.9 Å². The number of hydrogen-bond acceptors (Lipinski definition) is 4. The highest BCUT2D eigenvalue weighted by Crippen LogP contribution is 2.24. The molecule has 2 unspecified atom stereocenters. The van der Waals surface area contributed by atoms with Crippen LogP contribution in [-0.2, 0) is 0 Å². The first kappa shape index (κ1) is 16.4. The summed E-state index contributed by atoms with van der Waals surface area (Å²) in [6, 6.07) is 3.13. The first-order chi connectivity index (χ1) is 10.1. The van der Waals surface area contributed by atoms with Crippen LogP contribution in [0.15, 0.2) is 18.5 Å². The third-order valence-corrected chi connectivity index (χ3v) is 4.58. The van der Waals surface area contributed by atoms with Gasteiger partial charge >= 0.3 is 0 Å². The van der Waals surface area contributed by atoms with Crippen LogP contribution in [0.4, 0.5) is 0 Å². The SMILES string of the molecule is CCCNC(CC1CN(C)CCN1C)c1cnccc1C. The first-order valence-electron chi connectivity index (χ1n) is 8.14. The summed E-state index contributed by atoms with van der Waals surface area (Å²) in [6.45, 7) is 8.96. The van der Waals surface area contributed by atoms with Crippen LogP contribution in [0.3, 0.4) is 0 Å². The normalized spacial score (nSPS) is 22.4. The third-order valence-electron chi connectivity index (χ3n) is 4.58. The Morgan fingerprint density at radius 3 is 2.90 bits per heavy atom. The molecule has 1 aromatic rings. The maximum Gasteiger partial charge on any atom is 0.0353 e. The molecule has 0 bridgehead atoms. The zero-order valence-electron chi connectivity index (χ0n) is 14.0. The van der Waals surface area contributed by atoms with Gasteiger partial charge in [0.25, 0.3) is 0 Å². The number of hydrogen-bond donors (Lipinski definition) is 1. The second-order valence-electron chi connectivity index (χ2n) is 6.37. The Morgan fingerprint density at radius 1 is 1.38 bits per heavy atom. The summed E-state index contributed by atoms with van der Waals surface area (Å²) in [4.78, 5) is 9.29. The average Bonchev–Trinajstić information content (AvgIpc) is 2.48. The molecular formula is C17H30N4. The molecule has 2 heterocycles. The van der Waals surface area contributed by atoms with Crippen molar-refractivity contribution in [3.05, 3.63) is 29.6 Å². The summed E-state index contributed by atoms with van der Waals surface area (Å²) >= 11 is 0. The van der Waals surface area contributed by atoms with E-state index in [1.807, 2.05) is 12.4 Å². The largest absolute Gasteiger partial charge is 0.310 e. The fraction of sp³-hybridized carbons (Fsp3) is 0.706. The molecule has 2 rings (SSSR count). The standard InChI is InChI=1S/C17H30N4/c1-5-7-19-17(16-12-18-8-6-14(16)2)11-15-13-20(3)9-10-21(15)4/h6,8,12,15,17,19H,5,7,9-11,13H2,1-4H3. The van der Waals surface area contributed by atoms with Gasteiger partial charge in [-0.1, -0.05) is 6.92 Å². The van der Waals surface area contributed by atoms with E-state index in [9.17, 15) is 0 Å². The molecule has 0 spiro atoms. The molecule has 0 aromatic carbocycles. The zero-order chi connectivity index (χ0) is 15.2. The van der Waals surface area contributed by atoms with Gasteiger partial charge in [-0.15, -0.1) is 0 Å². The molecule has 1 saturated heterocycles. The quantitative estimate of drug-likeness (QED) is 0.869. The van der Waals surface area contributed by atoms with Crippen LogP contribution < -0.4 is 5.32 Å². The van der Waals surface area contributed by atoms with Gasteiger partial charge in [-0.2, -0.15) is 0 Å². The van der Waals surface area contributed by atoms with Crippen LogP contribution in [0, 0.1) is 6.92 Å². The molecule has 0 radical (unpaired) electrons. The van der Waals surface area contributed by atoms with Crippen molar-refractivity contribution in [1.82, 2.24) is 20.1 Å². The van der Waals surface area contributed by atoms with Crippen molar-refractivity contribution in [3.63, 3.8) is 0 Å². The van der Waals surface area contributed by atoms with Gasteiger partial charge in [0.2, 0.25) is 0 Å². The van der Waals surface area contributed by atoms with Crippen molar-refractivity contribution in [3.8, 4) is 0 Å². The molecule has 1 aliphatic heterocycles. The Labute approximate surface area is 129 Å². The third kappa shape index (κ3) is 4.50. The van der Waals surface area contributed by atoms with Crippen molar-refractivity contribution in [2.24, 2.45) is 0 Å². The summed E-state index contributed by atoms with van der Waals surface area (Å²) in [7, 11) is 4.48. The second-order valence-corrected chi connectivity index (χ2v) is 6.37. The van der Waals surface area contributed by atoms with Crippen molar-refractivity contribution in [1.29, 1.82) is 0 Å². The summed E-state index contributed by atoms with van der Waals surface area (Å²) in [6.07, 6.45) is 6.23. The van der Waals surface area contributed by atoms with Gasteiger partial charge < -0.3 is 15.1 Å². The van der Waals surface area contributed by atoms with Crippen LogP contribution in [0.5, 0.6) is 0 Å². The van der Waals surface area contributed by atoms with Crippen molar-refractivity contribution in [2.75, 3.05) is 40.3 Å². The Hall–Kier alpha value is -0.970. The van der Waals surface area contributed by atoms with Gasteiger partial charge in [0.05, 0.1) is 0 Å². The highest BCUT2D eigenvalue weighted by Gasteiger charge is 2.26. The molecule has 4 nitrogen and oxygen atoms in total. The Morgan fingerprint density at radius 2 is 2.19 bits per heavy atom. The number of piperazine rings is 1. The molecule has 0 saturated carbocycles. The number of likely N-dealkylation sites (N-methyl/N-ethyl adjacent to an activating group) is 2. The number of rotatable bonds is 6. The van der Waals surface area contributed by atoms with Crippen LogP contribution >= 0.6 is 0 Å². The first-order valence-corrected chi connectivity index (χ1v) is 8.14. The molecule has 21 heavy (non-hydrogen) atoms. The zero-order valence-corrected chi connectivity index (χ0v) is 14.0. The highest BCUT2D eigenvalue weighted by atomic mass is 15.3. The second kappa shape index (κ2) is 7.87. The smallest absolute Gasteiger partial charge is 0.0353 e. The minimum absolute atomic E-state index is 0.401. The van der Waals surface area contributed by atoms with E-state index in [2.05, 4.69) is 54.1 Å². The fourth-order valence-electron chi connectivity index (χ4n) is 3.11. The van der Waals surface area contributed by atoms with Gasteiger partial charge in [-0.05, 0) is 57.6 Å². The lowest BCUT2D eigenvalue weighted by molar-refractivity contribution is 0.101. The number of nitrogens with one attached hydrogen (secondary N) is 1. The molecule has 0 aliphatic carbocycles. The van der Waals surface area contributed by atoms with E-state index in [0.29, 0.717) is 12.1 Å². The van der Waals surface area contributed by atoms with E-state index >= 15 is 0 Å².